The van der Waals surface area contributed by atoms with Crippen molar-refractivity contribution in [3.63, 3.8) is 0 Å². The Labute approximate surface area is 139 Å². The minimum atomic E-state index is -3.62. The number of para-hydroxylation sites is 1. The molecule has 0 saturated heterocycles. The monoisotopic (exact) mass is 344 g/mol. The molecule has 0 saturated carbocycles. The molecule has 1 aliphatic heterocycles. The summed E-state index contributed by atoms with van der Waals surface area (Å²) in [4.78, 5) is 15.7. The zero-order chi connectivity index (χ0) is 17.5. The number of aryl methyl sites for hydroxylation is 1. The van der Waals surface area contributed by atoms with Gasteiger partial charge in [-0.3, -0.25) is 4.79 Å². The predicted molar refractivity (Wildman–Crippen MR) is 91.9 cm³/mol. The average molecular weight is 344 g/mol. The Morgan fingerprint density at radius 3 is 2.58 bits per heavy atom. The van der Waals surface area contributed by atoms with Gasteiger partial charge in [0.2, 0.25) is 0 Å². The number of rotatable bonds is 1. The summed E-state index contributed by atoms with van der Waals surface area (Å²) < 4.78 is 25.5. The van der Waals surface area contributed by atoms with Crippen molar-refractivity contribution in [3.05, 3.63) is 53.1 Å². The Hall–Kier alpha value is -2.87. The lowest BCUT2D eigenvalue weighted by Crippen LogP contribution is -2.24. The van der Waals surface area contributed by atoms with Crippen LogP contribution in [0.4, 0.5) is 11.4 Å². The van der Waals surface area contributed by atoms with Crippen LogP contribution in [-0.4, -0.2) is 20.3 Å². The summed E-state index contributed by atoms with van der Waals surface area (Å²) in [5, 5.41) is 3.13. The number of guanidine groups is 1. The first-order chi connectivity index (χ1) is 11.3. The Bertz CT molecular complexity index is 977. The smallest absolute Gasteiger partial charge is 0.280 e. The maximum absolute atomic E-state index is 12.7. The van der Waals surface area contributed by atoms with E-state index in [-0.39, 0.29) is 22.2 Å². The van der Waals surface area contributed by atoms with Crippen LogP contribution in [0.25, 0.3) is 0 Å². The second-order valence-corrected chi connectivity index (χ2v) is 7.50. The van der Waals surface area contributed by atoms with Crippen molar-refractivity contribution >= 4 is 33.1 Å². The van der Waals surface area contributed by atoms with Gasteiger partial charge in [-0.25, -0.2) is 8.42 Å². The van der Waals surface area contributed by atoms with Gasteiger partial charge < -0.3 is 16.8 Å². The Kier molecular flexibility index (Phi) is 3.76. The molecule has 0 radical (unpaired) electrons. The van der Waals surface area contributed by atoms with Crippen molar-refractivity contribution in [2.45, 2.75) is 17.6 Å². The SMILES string of the molecule is Cc1cc2c(cc1C(=O)N=C(N)N)S(=O)(=O)Cc1ccccc1N2. The number of sulfone groups is 1. The number of benzene rings is 2. The Balaban J connectivity index is 2.20. The number of anilines is 2. The van der Waals surface area contributed by atoms with Crippen molar-refractivity contribution in [3.8, 4) is 0 Å². The van der Waals surface area contributed by atoms with Crippen LogP contribution >= 0.6 is 0 Å². The molecule has 5 N–H and O–H groups in total. The number of amides is 1. The van der Waals surface area contributed by atoms with Gasteiger partial charge in [-0.05, 0) is 36.2 Å². The maximum atomic E-state index is 12.7. The molecule has 124 valence electrons. The van der Waals surface area contributed by atoms with Gasteiger partial charge in [0.05, 0.1) is 16.3 Å². The van der Waals surface area contributed by atoms with Gasteiger partial charge in [-0.15, -0.1) is 0 Å². The Morgan fingerprint density at radius 2 is 1.88 bits per heavy atom. The highest BCUT2D eigenvalue weighted by Crippen LogP contribution is 2.36. The van der Waals surface area contributed by atoms with Gasteiger partial charge in [0.1, 0.15) is 0 Å². The van der Waals surface area contributed by atoms with E-state index in [9.17, 15) is 13.2 Å². The van der Waals surface area contributed by atoms with Crippen LogP contribution in [-0.2, 0) is 15.6 Å². The van der Waals surface area contributed by atoms with E-state index in [0.29, 0.717) is 16.8 Å². The fourth-order valence-corrected chi connectivity index (χ4v) is 4.21. The molecule has 0 bridgehead atoms. The average Bonchev–Trinajstić information content (AvgIpc) is 2.58. The van der Waals surface area contributed by atoms with Gasteiger partial charge in [0.15, 0.2) is 15.8 Å². The van der Waals surface area contributed by atoms with Crippen molar-refractivity contribution < 1.29 is 13.2 Å². The number of aliphatic imine (C=N–C) groups is 1. The van der Waals surface area contributed by atoms with E-state index in [4.69, 9.17) is 11.5 Å². The van der Waals surface area contributed by atoms with Crippen molar-refractivity contribution in [1.82, 2.24) is 0 Å². The molecule has 0 spiro atoms. The first kappa shape index (κ1) is 16.0. The second kappa shape index (κ2) is 5.64. The molecule has 8 heteroatoms. The molecule has 3 rings (SSSR count). The second-order valence-electron chi connectivity index (χ2n) is 5.55. The molecule has 1 heterocycles. The molecule has 1 aliphatic rings. The van der Waals surface area contributed by atoms with E-state index in [1.54, 1.807) is 25.1 Å². The molecular formula is C16H16N4O3S. The maximum Gasteiger partial charge on any atom is 0.280 e. The molecule has 7 nitrogen and oxygen atoms in total. The number of nitrogens with zero attached hydrogens (tertiary/aromatic N) is 1. The van der Waals surface area contributed by atoms with Crippen LogP contribution in [0.3, 0.4) is 0 Å². The van der Waals surface area contributed by atoms with Crippen LogP contribution < -0.4 is 16.8 Å². The molecule has 2 aromatic rings. The van der Waals surface area contributed by atoms with E-state index in [1.165, 1.54) is 6.07 Å². The number of carbonyl (C=O) groups is 1. The highest BCUT2D eigenvalue weighted by atomic mass is 32.2. The first-order valence-corrected chi connectivity index (χ1v) is 8.79. The van der Waals surface area contributed by atoms with Gasteiger partial charge in [0, 0.05) is 11.3 Å². The summed E-state index contributed by atoms with van der Waals surface area (Å²) >= 11 is 0. The summed E-state index contributed by atoms with van der Waals surface area (Å²) in [6, 6.07) is 10.1. The number of carbonyl (C=O) groups excluding carboxylic acids is 1. The third-order valence-electron chi connectivity index (χ3n) is 3.75. The third-order valence-corrected chi connectivity index (χ3v) is 5.45. The van der Waals surface area contributed by atoms with Crippen LogP contribution in [0.5, 0.6) is 0 Å². The minimum Gasteiger partial charge on any atom is -0.370 e. The van der Waals surface area contributed by atoms with Crippen LogP contribution in [0, 0.1) is 6.92 Å². The fourth-order valence-electron chi connectivity index (χ4n) is 2.65. The van der Waals surface area contributed by atoms with E-state index in [2.05, 4.69) is 10.3 Å². The van der Waals surface area contributed by atoms with Crippen molar-refractivity contribution in [2.75, 3.05) is 5.32 Å². The lowest BCUT2D eigenvalue weighted by atomic mass is 10.1. The summed E-state index contributed by atoms with van der Waals surface area (Å²) in [5.41, 5.74) is 13.0. The number of nitrogens with two attached hydrogens (primary N) is 2. The van der Waals surface area contributed by atoms with E-state index < -0.39 is 15.7 Å². The third kappa shape index (κ3) is 2.83. The van der Waals surface area contributed by atoms with Crippen molar-refractivity contribution in [2.24, 2.45) is 16.5 Å². The van der Waals surface area contributed by atoms with Crippen LogP contribution in [0.2, 0.25) is 0 Å². The highest BCUT2D eigenvalue weighted by Gasteiger charge is 2.27. The quantitative estimate of drug-likeness (QED) is 0.530. The number of nitrogens with one attached hydrogen (secondary N) is 1. The van der Waals surface area contributed by atoms with Gasteiger partial charge in [0.25, 0.3) is 5.91 Å². The molecule has 0 unspecified atom stereocenters. The summed E-state index contributed by atoms with van der Waals surface area (Å²) in [6.45, 7) is 1.70. The normalized spacial score (nSPS) is 14.5. The topological polar surface area (TPSA) is 128 Å². The fraction of sp³-hybridized carbons (Fsp3) is 0.125. The van der Waals surface area contributed by atoms with Crippen LogP contribution in [0.1, 0.15) is 21.5 Å². The molecule has 0 fully saturated rings. The lowest BCUT2D eigenvalue weighted by Gasteiger charge is -2.12. The minimum absolute atomic E-state index is 0.0541. The van der Waals surface area contributed by atoms with Gasteiger partial charge in [-0.1, -0.05) is 18.2 Å². The van der Waals surface area contributed by atoms with E-state index >= 15 is 0 Å². The summed E-state index contributed by atoms with van der Waals surface area (Å²) in [5.74, 6) is -1.20. The largest absolute Gasteiger partial charge is 0.370 e. The first-order valence-electron chi connectivity index (χ1n) is 7.14. The molecule has 0 aromatic heterocycles. The highest BCUT2D eigenvalue weighted by molar-refractivity contribution is 7.90. The summed E-state index contributed by atoms with van der Waals surface area (Å²) in [7, 11) is -3.62. The molecule has 24 heavy (non-hydrogen) atoms. The zero-order valence-corrected chi connectivity index (χ0v) is 13.7. The van der Waals surface area contributed by atoms with E-state index in [0.717, 1.165) is 5.69 Å². The van der Waals surface area contributed by atoms with Crippen LogP contribution in [0.15, 0.2) is 46.3 Å². The summed E-state index contributed by atoms with van der Waals surface area (Å²) in [6.07, 6.45) is 0. The standard InChI is InChI=1S/C16H16N4O3S/c1-9-6-13-14(7-11(9)15(21)20-16(17)18)24(22,23)8-10-4-2-3-5-12(10)19-13/h2-7,19H,8H2,1H3,(H4,17,18,20,21). The van der Waals surface area contributed by atoms with Gasteiger partial charge in [-0.2, -0.15) is 4.99 Å². The van der Waals surface area contributed by atoms with E-state index in [1.807, 2.05) is 12.1 Å². The molecule has 2 aromatic carbocycles. The zero-order valence-electron chi connectivity index (χ0n) is 12.9. The number of hydrogen-bond acceptors (Lipinski definition) is 4. The van der Waals surface area contributed by atoms with Gasteiger partial charge >= 0.3 is 0 Å². The van der Waals surface area contributed by atoms with Crippen molar-refractivity contribution in [1.29, 1.82) is 0 Å². The molecule has 0 aliphatic carbocycles. The molecular weight excluding hydrogens is 328 g/mol. The Morgan fingerprint density at radius 1 is 1.17 bits per heavy atom. The predicted octanol–water partition coefficient (Wildman–Crippen LogP) is 1.44. The lowest BCUT2D eigenvalue weighted by molar-refractivity contribution is 0.100. The molecule has 1 amide bonds. The molecule has 0 atom stereocenters. The number of hydrogen-bond donors (Lipinski definition) is 3. The number of fused-ring (bicyclic) bond motifs is 2.